The van der Waals surface area contributed by atoms with Crippen LogP contribution in [0.3, 0.4) is 0 Å². The maximum Gasteiger partial charge on any atom is 0.413 e. The Hall–Kier alpha value is -5.40. The molecular formula is C38H43FN8O4. The maximum absolute atomic E-state index is 14.9. The zero-order chi connectivity index (χ0) is 35.9. The lowest BCUT2D eigenvalue weighted by Gasteiger charge is -2.32. The summed E-state index contributed by atoms with van der Waals surface area (Å²) < 4.78 is 31.4. The standard InChI is InChI=1S/C38H43FN8O4/c1-24-7-11-31(26(3)25(24)2)32-21-28(36-41-27(4)51-45-36)8-9-29(32)23-50-38(48)44-35-13-14-40-37(43-35)42-30-10-12-34(33(39)22-30)49-20-6-15-47-18-16-46(5)17-19-47/h7-14,21-22H,6,15-20,23H2,1-5H3,(H2,40,42,43,44,48). The van der Waals surface area contributed by atoms with Gasteiger partial charge in [0.1, 0.15) is 12.4 Å². The number of carbonyl (C=O) groups excluding carboxylic acids is 1. The van der Waals surface area contributed by atoms with Crippen LogP contribution in [0.2, 0.25) is 0 Å². The fraction of sp³-hybridized carbons (Fsp3) is 0.342. The number of benzene rings is 3. The molecule has 1 fully saturated rings. The van der Waals surface area contributed by atoms with Crippen molar-refractivity contribution >= 4 is 23.5 Å². The van der Waals surface area contributed by atoms with Crippen LogP contribution in [-0.4, -0.2) is 82.4 Å². The highest BCUT2D eigenvalue weighted by Crippen LogP contribution is 2.33. The molecule has 0 bridgehead atoms. The fourth-order valence-electron chi connectivity index (χ4n) is 5.90. The topological polar surface area (TPSA) is 131 Å². The molecular weight excluding hydrogens is 651 g/mol. The first-order valence-corrected chi connectivity index (χ1v) is 17.0. The van der Waals surface area contributed by atoms with E-state index in [2.05, 4.69) is 80.5 Å². The Morgan fingerprint density at radius 1 is 0.941 bits per heavy atom. The van der Waals surface area contributed by atoms with Gasteiger partial charge in [0.15, 0.2) is 11.6 Å². The number of nitrogens with one attached hydrogen (secondary N) is 2. The van der Waals surface area contributed by atoms with Gasteiger partial charge in [0, 0.05) is 63.2 Å². The van der Waals surface area contributed by atoms with E-state index in [-0.39, 0.29) is 24.1 Å². The summed E-state index contributed by atoms with van der Waals surface area (Å²) in [5.74, 6) is 1.03. The SMILES string of the molecule is Cc1nc(-c2ccc(COC(=O)Nc3ccnc(Nc4ccc(OCCCN5CCN(C)CC5)c(F)c4)n3)c(-c3ccc(C)c(C)c3C)c2)no1. The van der Waals surface area contributed by atoms with E-state index in [0.717, 1.165) is 67.0 Å². The van der Waals surface area contributed by atoms with Crippen LogP contribution in [0, 0.1) is 33.5 Å². The van der Waals surface area contributed by atoms with Crippen LogP contribution in [0.1, 0.15) is 34.6 Å². The Balaban J connectivity index is 1.06. The second-order valence-electron chi connectivity index (χ2n) is 12.8. The maximum atomic E-state index is 14.9. The molecule has 1 aliphatic rings. The van der Waals surface area contributed by atoms with Gasteiger partial charge in [-0.2, -0.15) is 9.97 Å². The van der Waals surface area contributed by atoms with Crippen molar-refractivity contribution in [3.05, 3.63) is 94.8 Å². The molecule has 2 aromatic heterocycles. The molecule has 0 saturated carbocycles. The molecule has 13 heteroatoms. The molecule has 6 rings (SSSR count). The van der Waals surface area contributed by atoms with E-state index in [4.69, 9.17) is 14.0 Å². The van der Waals surface area contributed by atoms with Crippen molar-refractivity contribution in [2.24, 2.45) is 0 Å². The minimum atomic E-state index is -0.694. The molecule has 1 saturated heterocycles. The minimum Gasteiger partial charge on any atom is -0.490 e. The van der Waals surface area contributed by atoms with Crippen LogP contribution in [0.4, 0.5) is 26.6 Å². The third-order valence-electron chi connectivity index (χ3n) is 9.15. The van der Waals surface area contributed by atoms with Crippen LogP contribution in [0.25, 0.3) is 22.5 Å². The van der Waals surface area contributed by atoms with Crippen molar-refractivity contribution in [2.45, 2.75) is 40.7 Å². The number of ether oxygens (including phenoxy) is 2. The van der Waals surface area contributed by atoms with Crippen LogP contribution in [0.15, 0.2) is 65.3 Å². The number of hydrogen-bond donors (Lipinski definition) is 2. The number of nitrogens with zero attached hydrogens (tertiary/aromatic N) is 6. The molecule has 0 aliphatic carbocycles. The van der Waals surface area contributed by atoms with E-state index >= 15 is 0 Å². The summed E-state index contributed by atoms with van der Waals surface area (Å²) in [6.45, 7) is 13.5. The molecule has 2 N–H and O–H groups in total. The molecule has 0 atom stereocenters. The van der Waals surface area contributed by atoms with Crippen molar-refractivity contribution in [1.82, 2.24) is 29.9 Å². The number of halogens is 1. The lowest BCUT2D eigenvalue weighted by Crippen LogP contribution is -2.44. The predicted octanol–water partition coefficient (Wildman–Crippen LogP) is 7.07. The lowest BCUT2D eigenvalue weighted by molar-refractivity contribution is 0.145. The Morgan fingerprint density at radius 2 is 1.76 bits per heavy atom. The van der Waals surface area contributed by atoms with Crippen molar-refractivity contribution in [3.8, 4) is 28.3 Å². The molecule has 3 heterocycles. The number of aryl methyl sites for hydroxylation is 2. The van der Waals surface area contributed by atoms with E-state index in [9.17, 15) is 9.18 Å². The number of likely N-dealkylation sites (N-methyl/N-ethyl adjacent to an activating group) is 1. The van der Waals surface area contributed by atoms with Gasteiger partial charge in [0.25, 0.3) is 0 Å². The highest BCUT2D eigenvalue weighted by Gasteiger charge is 2.17. The molecule has 266 valence electrons. The van der Waals surface area contributed by atoms with Gasteiger partial charge in [0.05, 0.1) is 6.61 Å². The summed E-state index contributed by atoms with van der Waals surface area (Å²) in [5, 5.41) is 9.71. The van der Waals surface area contributed by atoms with Gasteiger partial charge in [-0.15, -0.1) is 0 Å². The molecule has 0 radical (unpaired) electrons. The quantitative estimate of drug-likeness (QED) is 0.130. The van der Waals surface area contributed by atoms with Crippen molar-refractivity contribution in [1.29, 1.82) is 0 Å². The molecule has 1 aliphatic heterocycles. The highest BCUT2D eigenvalue weighted by molar-refractivity contribution is 5.84. The third-order valence-corrected chi connectivity index (χ3v) is 9.15. The van der Waals surface area contributed by atoms with E-state index in [0.29, 0.717) is 24.0 Å². The molecule has 12 nitrogen and oxygen atoms in total. The molecule has 3 aromatic carbocycles. The van der Waals surface area contributed by atoms with Crippen LogP contribution in [0.5, 0.6) is 5.75 Å². The van der Waals surface area contributed by atoms with Gasteiger partial charge in [0.2, 0.25) is 17.7 Å². The molecule has 51 heavy (non-hydrogen) atoms. The first kappa shape index (κ1) is 35.4. The van der Waals surface area contributed by atoms with Gasteiger partial charge in [-0.3, -0.25) is 5.32 Å². The number of hydrogen-bond acceptors (Lipinski definition) is 11. The molecule has 0 unspecified atom stereocenters. The number of amides is 1. The van der Waals surface area contributed by atoms with E-state index < -0.39 is 11.9 Å². The summed E-state index contributed by atoms with van der Waals surface area (Å²) in [7, 11) is 2.13. The largest absolute Gasteiger partial charge is 0.490 e. The minimum absolute atomic E-state index is 0.00117. The van der Waals surface area contributed by atoms with Gasteiger partial charge < -0.3 is 29.1 Å². The van der Waals surface area contributed by atoms with Gasteiger partial charge in [-0.25, -0.2) is 14.2 Å². The average molecular weight is 695 g/mol. The highest BCUT2D eigenvalue weighted by atomic mass is 19.1. The van der Waals surface area contributed by atoms with Crippen LogP contribution >= 0.6 is 0 Å². The average Bonchev–Trinajstić information content (AvgIpc) is 3.56. The summed E-state index contributed by atoms with van der Waals surface area (Å²) in [6.07, 6.45) is 1.61. The monoisotopic (exact) mass is 694 g/mol. The normalized spacial score (nSPS) is 13.6. The lowest BCUT2D eigenvalue weighted by atomic mass is 9.90. The van der Waals surface area contributed by atoms with Gasteiger partial charge in [-0.1, -0.05) is 29.4 Å². The Labute approximate surface area is 297 Å². The smallest absolute Gasteiger partial charge is 0.413 e. The van der Waals surface area contributed by atoms with Crippen molar-refractivity contribution in [3.63, 3.8) is 0 Å². The van der Waals surface area contributed by atoms with E-state index in [1.54, 1.807) is 19.1 Å². The summed E-state index contributed by atoms with van der Waals surface area (Å²) in [5.41, 5.74) is 7.44. The Morgan fingerprint density at radius 3 is 2.53 bits per heavy atom. The number of rotatable bonds is 12. The number of piperazine rings is 1. The summed E-state index contributed by atoms with van der Waals surface area (Å²) >= 11 is 0. The van der Waals surface area contributed by atoms with Crippen LogP contribution in [-0.2, 0) is 11.3 Å². The number of anilines is 3. The summed E-state index contributed by atoms with van der Waals surface area (Å²) in [6, 6.07) is 16.0. The van der Waals surface area contributed by atoms with Crippen molar-refractivity contribution in [2.75, 3.05) is 57.0 Å². The Bertz CT molecular complexity index is 1990. The first-order chi connectivity index (χ1) is 24.6. The van der Waals surface area contributed by atoms with Crippen LogP contribution < -0.4 is 15.4 Å². The third kappa shape index (κ3) is 9.04. The number of carbonyl (C=O) groups is 1. The van der Waals surface area contributed by atoms with Gasteiger partial charge >= 0.3 is 6.09 Å². The summed E-state index contributed by atoms with van der Waals surface area (Å²) in [4.78, 5) is 30.6. The zero-order valence-electron chi connectivity index (χ0n) is 29.6. The fourth-order valence-corrected chi connectivity index (χ4v) is 5.90. The first-order valence-electron chi connectivity index (χ1n) is 17.0. The van der Waals surface area contributed by atoms with E-state index in [1.807, 2.05) is 18.2 Å². The van der Waals surface area contributed by atoms with Crippen molar-refractivity contribution < 1.29 is 23.2 Å². The molecule has 5 aromatic rings. The number of aromatic nitrogens is 4. The second kappa shape index (κ2) is 16.1. The predicted molar refractivity (Wildman–Crippen MR) is 194 cm³/mol. The second-order valence-corrected chi connectivity index (χ2v) is 12.8. The molecule has 1 amide bonds. The zero-order valence-corrected chi connectivity index (χ0v) is 29.6. The Kier molecular flexibility index (Phi) is 11.2. The molecule has 0 spiro atoms. The van der Waals surface area contributed by atoms with E-state index in [1.165, 1.54) is 29.5 Å². The van der Waals surface area contributed by atoms with Gasteiger partial charge in [-0.05, 0) is 91.9 Å².